The fraction of sp³-hybridized carbons (Fsp3) is 0.750. The van der Waals surface area contributed by atoms with E-state index in [2.05, 4.69) is 42.8 Å². The summed E-state index contributed by atoms with van der Waals surface area (Å²) in [5.41, 5.74) is 3.55. The van der Waals surface area contributed by atoms with E-state index in [0.29, 0.717) is 11.5 Å². The van der Waals surface area contributed by atoms with Crippen LogP contribution in [-0.2, 0) is 6.54 Å². The Hall–Kier alpha value is -0.0600. The lowest BCUT2D eigenvalue weighted by atomic mass is 9.82. The minimum absolute atomic E-state index is 0.434. The average molecular weight is 256 g/mol. The molecule has 16 heavy (non-hydrogen) atoms. The van der Waals surface area contributed by atoms with Gasteiger partial charge in [0.1, 0.15) is 0 Å². The monoisotopic (exact) mass is 256 g/mol. The van der Waals surface area contributed by atoms with Crippen LogP contribution in [0.3, 0.4) is 0 Å². The zero-order valence-corrected chi connectivity index (χ0v) is 11.9. The van der Waals surface area contributed by atoms with Gasteiger partial charge in [-0.25, -0.2) is 4.98 Å². The highest BCUT2D eigenvalue weighted by Crippen LogP contribution is 2.34. The smallest absolute Gasteiger partial charge is 0.0798 e. The minimum atomic E-state index is 0.434. The molecule has 4 heteroatoms. The van der Waals surface area contributed by atoms with Crippen molar-refractivity contribution in [2.24, 2.45) is 5.41 Å². The van der Waals surface area contributed by atoms with Crippen molar-refractivity contribution in [2.75, 3.05) is 11.5 Å². The Morgan fingerprint density at radius 1 is 1.56 bits per heavy atom. The van der Waals surface area contributed by atoms with Crippen LogP contribution in [0.1, 0.15) is 30.8 Å². The third-order valence-corrected chi connectivity index (χ3v) is 5.47. The van der Waals surface area contributed by atoms with E-state index in [9.17, 15) is 0 Å². The predicted octanol–water partition coefficient (Wildman–Crippen LogP) is 3.07. The Morgan fingerprint density at radius 3 is 3.00 bits per heavy atom. The van der Waals surface area contributed by atoms with Crippen LogP contribution >= 0.6 is 23.1 Å². The number of nitrogens with zero attached hydrogens (tertiary/aromatic N) is 1. The molecule has 1 unspecified atom stereocenters. The summed E-state index contributed by atoms with van der Waals surface area (Å²) in [6, 6.07) is 0.632. The summed E-state index contributed by atoms with van der Waals surface area (Å²) in [4.78, 5) is 5.67. The van der Waals surface area contributed by atoms with E-state index >= 15 is 0 Å². The second-order valence-corrected chi connectivity index (χ2v) is 7.20. The summed E-state index contributed by atoms with van der Waals surface area (Å²) in [7, 11) is 0. The number of hydrogen-bond acceptors (Lipinski definition) is 4. The Bertz CT molecular complexity index is 347. The van der Waals surface area contributed by atoms with Gasteiger partial charge in [-0.3, -0.25) is 0 Å². The Kier molecular flexibility index (Phi) is 3.93. The van der Waals surface area contributed by atoms with Crippen molar-refractivity contribution >= 4 is 23.1 Å². The fourth-order valence-corrected chi connectivity index (χ4v) is 4.35. The quantitative estimate of drug-likeness (QED) is 0.899. The topological polar surface area (TPSA) is 24.9 Å². The van der Waals surface area contributed by atoms with Crippen molar-refractivity contribution in [1.29, 1.82) is 0 Å². The van der Waals surface area contributed by atoms with Crippen molar-refractivity contribution < 1.29 is 0 Å². The zero-order chi connectivity index (χ0) is 11.6. The van der Waals surface area contributed by atoms with Crippen LogP contribution in [0, 0.1) is 12.3 Å². The molecule has 1 aliphatic heterocycles. The maximum Gasteiger partial charge on any atom is 0.0798 e. The molecule has 1 aromatic rings. The molecule has 0 aliphatic carbocycles. The third-order valence-electron chi connectivity index (χ3n) is 3.47. The molecule has 0 radical (unpaired) electrons. The number of aromatic nitrogens is 1. The normalized spacial score (nSPS) is 24.6. The van der Waals surface area contributed by atoms with Gasteiger partial charge in [-0.05, 0) is 24.5 Å². The van der Waals surface area contributed by atoms with Crippen LogP contribution in [0.2, 0.25) is 0 Å². The lowest BCUT2D eigenvalue weighted by molar-refractivity contribution is 0.245. The van der Waals surface area contributed by atoms with Gasteiger partial charge >= 0.3 is 0 Å². The summed E-state index contributed by atoms with van der Waals surface area (Å²) in [6.45, 7) is 7.83. The van der Waals surface area contributed by atoms with Crippen molar-refractivity contribution in [1.82, 2.24) is 10.3 Å². The van der Waals surface area contributed by atoms with Crippen molar-refractivity contribution in [3.63, 3.8) is 0 Å². The number of hydrogen-bond donors (Lipinski definition) is 1. The van der Waals surface area contributed by atoms with E-state index in [1.165, 1.54) is 28.5 Å². The molecule has 2 rings (SSSR count). The van der Waals surface area contributed by atoms with Gasteiger partial charge in [0.2, 0.25) is 0 Å². The number of thioether (sulfide) groups is 1. The summed E-state index contributed by atoms with van der Waals surface area (Å²) in [6.07, 6.45) is 1.32. The third kappa shape index (κ3) is 2.79. The Balaban J connectivity index is 1.92. The van der Waals surface area contributed by atoms with Gasteiger partial charge in [-0.15, -0.1) is 11.3 Å². The van der Waals surface area contributed by atoms with E-state index < -0.39 is 0 Å². The molecule has 2 heterocycles. The standard InChI is InChI=1S/C12H20N2S2/c1-9-10(16-8-14-9)6-13-11-7-15-5-4-12(11,2)3/h8,11,13H,4-7H2,1-3H3. The molecule has 0 saturated carbocycles. The molecule has 1 atom stereocenters. The predicted molar refractivity (Wildman–Crippen MR) is 73.2 cm³/mol. The molecule has 0 bridgehead atoms. The van der Waals surface area contributed by atoms with E-state index in [-0.39, 0.29) is 0 Å². The van der Waals surface area contributed by atoms with Gasteiger partial charge in [0.15, 0.2) is 0 Å². The number of aryl methyl sites for hydroxylation is 1. The van der Waals surface area contributed by atoms with Gasteiger partial charge < -0.3 is 5.32 Å². The second kappa shape index (κ2) is 5.07. The molecule has 1 N–H and O–H groups in total. The first-order chi connectivity index (χ1) is 7.59. The number of rotatable bonds is 3. The van der Waals surface area contributed by atoms with Gasteiger partial charge in [0.25, 0.3) is 0 Å². The van der Waals surface area contributed by atoms with Gasteiger partial charge in [0, 0.05) is 23.2 Å². The molecule has 0 aromatic carbocycles. The lowest BCUT2D eigenvalue weighted by Crippen LogP contribution is -2.46. The highest BCUT2D eigenvalue weighted by molar-refractivity contribution is 7.99. The average Bonchev–Trinajstić information content (AvgIpc) is 2.62. The van der Waals surface area contributed by atoms with Crippen LogP contribution in [0.25, 0.3) is 0 Å². The molecule has 90 valence electrons. The number of nitrogens with one attached hydrogen (secondary N) is 1. The van der Waals surface area contributed by atoms with E-state index in [1.54, 1.807) is 11.3 Å². The zero-order valence-electron chi connectivity index (χ0n) is 10.2. The summed E-state index contributed by atoms with van der Waals surface area (Å²) in [5, 5.41) is 3.70. The largest absolute Gasteiger partial charge is 0.308 e. The minimum Gasteiger partial charge on any atom is -0.308 e. The van der Waals surface area contributed by atoms with Crippen molar-refractivity contribution in [3.05, 3.63) is 16.1 Å². The Morgan fingerprint density at radius 2 is 2.38 bits per heavy atom. The fourth-order valence-electron chi connectivity index (χ4n) is 1.98. The highest BCUT2D eigenvalue weighted by Gasteiger charge is 2.32. The Labute approximate surface area is 106 Å². The first kappa shape index (κ1) is 12.4. The molecule has 1 saturated heterocycles. The van der Waals surface area contributed by atoms with E-state index in [1.807, 2.05) is 5.51 Å². The van der Waals surface area contributed by atoms with Gasteiger partial charge in [-0.2, -0.15) is 11.8 Å². The van der Waals surface area contributed by atoms with Crippen molar-refractivity contribution in [2.45, 2.75) is 39.8 Å². The van der Waals surface area contributed by atoms with Crippen LogP contribution in [0.15, 0.2) is 5.51 Å². The first-order valence-corrected chi connectivity index (χ1v) is 7.83. The summed E-state index contributed by atoms with van der Waals surface area (Å²) in [5.74, 6) is 2.55. The van der Waals surface area contributed by atoms with E-state index in [0.717, 1.165) is 6.54 Å². The summed E-state index contributed by atoms with van der Waals surface area (Å²) < 4.78 is 0. The van der Waals surface area contributed by atoms with Crippen LogP contribution in [-0.4, -0.2) is 22.5 Å². The summed E-state index contributed by atoms with van der Waals surface area (Å²) >= 11 is 3.83. The SMILES string of the molecule is Cc1ncsc1CNC1CSCCC1(C)C. The van der Waals surface area contributed by atoms with Crippen LogP contribution in [0.4, 0.5) is 0 Å². The first-order valence-electron chi connectivity index (χ1n) is 5.80. The van der Waals surface area contributed by atoms with Crippen molar-refractivity contribution in [3.8, 4) is 0 Å². The van der Waals surface area contributed by atoms with E-state index in [4.69, 9.17) is 0 Å². The maximum atomic E-state index is 4.29. The van der Waals surface area contributed by atoms with Crippen LogP contribution < -0.4 is 5.32 Å². The molecule has 2 nitrogen and oxygen atoms in total. The maximum absolute atomic E-state index is 4.29. The lowest BCUT2D eigenvalue weighted by Gasteiger charge is -2.38. The molecular weight excluding hydrogens is 236 g/mol. The molecule has 1 aromatic heterocycles. The van der Waals surface area contributed by atoms with Gasteiger partial charge in [0.05, 0.1) is 11.2 Å². The van der Waals surface area contributed by atoms with Crippen LogP contribution in [0.5, 0.6) is 0 Å². The molecule has 1 fully saturated rings. The highest BCUT2D eigenvalue weighted by atomic mass is 32.2. The molecule has 1 aliphatic rings. The van der Waals surface area contributed by atoms with Gasteiger partial charge in [-0.1, -0.05) is 13.8 Å². The second-order valence-electron chi connectivity index (χ2n) is 5.11. The number of thiazole rings is 1. The molecular formula is C12H20N2S2. The molecule has 0 amide bonds. The molecule has 0 spiro atoms.